The summed E-state index contributed by atoms with van der Waals surface area (Å²) in [6.07, 6.45) is -3.30. The van der Waals surface area contributed by atoms with Crippen molar-refractivity contribution < 1.29 is 13.2 Å². The fourth-order valence-electron chi connectivity index (χ4n) is 1.86. The zero-order valence-electron chi connectivity index (χ0n) is 11.3. The third-order valence-corrected chi connectivity index (χ3v) is 2.89. The predicted molar refractivity (Wildman–Crippen MR) is 70.7 cm³/mol. The van der Waals surface area contributed by atoms with Gasteiger partial charge in [-0.2, -0.15) is 23.5 Å². The van der Waals surface area contributed by atoms with Gasteiger partial charge in [-0.3, -0.25) is 0 Å². The van der Waals surface area contributed by atoms with Gasteiger partial charge in [0.2, 0.25) is 0 Å². The zero-order valence-corrected chi connectivity index (χ0v) is 11.3. The van der Waals surface area contributed by atoms with E-state index in [4.69, 9.17) is 5.26 Å². The Labute approximate surface area is 119 Å². The first kappa shape index (κ1) is 15.1. The van der Waals surface area contributed by atoms with Gasteiger partial charge in [0.1, 0.15) is 6.07 Å². The van der Waals surface area contributed by atoms with Crippen molar-refractivity contribution in [1.29, 1.82) is 5.26 Å². The Hall–Kier alpha value is -2.33. The van der Waals surface area contributed by atoms with E-state index in [0.29, 0.717) is 12.2 Å². The van der Waals surface area contributed by atoms with Gasteiger partial charge in [-0.15, -0.1) is 0 Å². The molecule has 0 saturated heterocycles. The maximum Gasteiger partial charge on any atom is 0.435 e. The van der Waals surface area contributed by atoms with Crippen molar-refractivity contribution >= 4 is 0 Å². The number of aromatic nitrogens is 2. The van der Waals surface area contributed by atoms with Crippen molar-refractivity contribution in [1.82, 2.24) is 15.1 Å². The Kier molecular flexibility index (Phi) is 4.29. The second-order valence-electron chi connectivity index (χ2n) is 4.39. The maximum absolute atomic E-state index is 12.6. The summed E-state index contributed by atoms with van der Waals surface area (Å²) >= 11 is 0. The van der Waals surface area contributed by atoms with E-state index in [0.717, 1.165) is 22.9 Å². The molecular weight excluding hydrogens is 281 g/mol. The lowest BCUT2D eigenvalue weighted by Crippen LogP contribution is -2.12. The molecule has 1 aromatic carbocycles. The molecule has 0 atom stereocenters. The Morgan fingerprint density at radius 2 is 2.10 bits per heavy atom. The van der Waals surface area contributed by atoms with Gasteiger partial charge in [0, 0.05) is 12.7 Å². The van der Waals surface area contributed by atoms with E-state index < -0.39 is 11.9 Å². The van der Waals surface area contributed by atoms with E-state index >= 15 is 0 Å². The Balaban J connectivity index is 2.36. The molecule has 0 unspecified atom stereocenters. The van der Waals surface area contributed by atoms with Crippen LogP contribution in [-0.2, 0) is 12.7 Å². The summed E-state index contributed by atoms with van der Waals surface area (Å²) in [6, 6.07) is 7.87. The summed E-state index contributed by atoms with van der Waals surface area (Å²) < 4.78 is 38.7. The Morgan fingerprint density at radius 3 is 2.67 bits per heavy atom. The van der Waals surface area contributed by atoms with Crippen molar-refractivity contribution in [2.24, 2.45) is 0 Å². The van der Waals surface area contributed by atoms with Gasteiger partial charge in [-0.05, 0) is 30.3 Å². The van der Waals surface area contributed by atoms with Crippen LogP contribution in [0.15, 0.2) is 30.5 Å². The number of nitriles is 1. The van der Waals surface area contributed by atoms with Crippen molar-refractivity contribution in [3.8, 4) is 11.8 Å². The van der Waals surface area contributed by atoms with E-state index in [-0.39, 0.29) is 5.56 Å². The molecule has 4 nitrogen and oxygen atoms in total. The number of alkyl halides is 3. The standard InChI is InChI=1S/C14H13F3N4/c1-2-19-9-10-3-4-12(11(7-10)8-18)21-6-5-13(20-21)14(15,16)17/h3-7,19H,2,9H2,1H3. The average molecular weight is 294 g/mol. The van der Waals surface area contributed by atoms with Gasteiger partial charge in [-0.25, -0.2) is 4.68 Å². The number of rotatable bonds is 4. The smallest absolute Gasteiger partial charge is 0.313 e. The molecule has 1 aromatic heterocycles. The highest BCUT2D eigenvalue weighted by Gasteiger charge is 2.33. The molecule has 21 heavy (non-hydrogen) atoms. The van der Waals surface area contributed by atoms with Gasteiger partial charge < -0.3 is 5.32 Å². The molecule has 2 aromatic rings. The SMILES string of the molecule is CCNCc1ccc(-n2ccc(C(F)(F)F)n2)c(C#N)c1. The lowest BCUT2D eigenvalue weighted by molar-refractivity contribution is -0.141. The number of nitrogens with zero attached hydrogens (tertiary/aromatic N) is 3. The quantitative estimate of drug-likeness (QED) is 0.943. The van der Waals surface area contributed by atoms with Crippen molar-refractivity contribution in [3.05, 3.63) is 47.3 Å². The van der Waals surface area contributed by atoms with E-state index in [1.54, 1.807) is 18.2 Å². The second kappa shape index (κ2) is 5.97. The van der Waals surface area contributed by atoms with Gasteiger partial charge in [0.05, 0.1) is 11.3 Å². The van der Waals surface area contributed by atoms with Crippen molar-refractivity contribution in [3.63, 3.8) is 0 Å². The Morgan fingerprint density at radius 1 is 1.33 bits per heavy atom. The van der Waals surface area contributed by atoms with E-state index in [9.17, 15) is 13.2 Å². The Bertz CT molecular complexity index is 668. The van der Waals surface area contributed by atoms with Crippen LogP contribution >= 0.6 is 0 Å². The zero-order chi connectivity index (χ0) is 15.5. The number of halogens is 3. The summed E-state index contributed by atoms with van der Waals surface area (Å²) in [7, 11) is 0. The molecule has 1 heterocycles. The molecule has 0 spiro atoms. The van der Waals surface area contributed by atoms with Gasteiger partial charge >= 0.3 is 6.18 Å². The fraction of sp³-hybridized carbons (Fsp3) is 0.286. The van der Waals surface area contributed by atoms with Crippen LogP contribution in [0, 0.1) is 11.3 Å². The van der Waals surface area contributed by atoms with Crippen LogP contribution in [0.4, 0.5) is 13.2 Å². The van der Waals surface area contributed by atoms with Crippen LogP contribution in [-0.4, -0.2) is 16.3 Å². The van der Waals surface area contributed by atoms with E-state index in [1.165, 1.54) is 6.20 Å². The molecule has 0 aliphatic heterocycles. The number of nitrogens with one attached hydrogen (secondary N) is 1. The number of hydrogen-bond donors (Lipinski definition) is 1. The lowest BCUT2D eigenvalue weighted by atomic mass is 10.1. The summed E-state index contributed by atoms with van der Waals surface area (Å²) in [5, 5.41) is 15.8. The van der Waals surface area contributed by atoms with Crippen molar-refractivity contribution in [2.75, 3.05) is 6.54 Å². The van der Waals surface area contributed by atoms with Crippen LogP contribution in [0.2, 0.25) is 0 Å². The third-order valence-electron chi connectivity index (χ3n) is 2.89. The number of hydrogen-bond acceptors (Lipinski definition) is 3. The minimum absolute atomic E-state index is 0.280. The molecule has 1 N–H and O–H groups in total. The number of benzene rings is 1. The first-order chi connectivity index (χ1) is 9.95. The van der Waals surface area contributed by atoms with Crippen molar-refractivity contribution in [2.45, 2.75) is 19.6 Å². The minimum Gasteiger partial charge on any atom is -0.313 e. The van der Waals surface area contributed by atoms with Crippen LogP contribution in [0.5, 0.6) is 0 Å². The first-order valence-electron chi connectivity index (χ1n) is 6.32. The normalized spacial score (nSPS) is 11.4. The molecule has 110 valence electrons. The highest BCUT2D eigenvalue weighted by Crippen LogP contribution is 2.28. The molecule has 0 amide bonds. The average Bonchev–Trinajstić information content (AvgIpc) is 2.94. The van der Waals surface area contributed by atoms with Crippen LogP contribution < -0.4 is 5.32 Å². The third kappa shape index (κ3) is 3.41. The minimum atomic E-state index is -4.50. The van der Waals surface area contributed by atoms with Gasteiger partial charge in [-0.1, -0.05) is 13.0 Å². The topological polar surface area (TPSA) is 53.6 Å². The molecule has 0 bridgehead atoms. The molecule has 2 rings (SSSR count). The lowest BCUT2D eigenvalue weighted by Gasteiger charge is -2.08. The highest BCUT2D eigenvalue weighted by molar-refractivity contribution is 5.50. The summed E-state index contributed by atoms with van der Waals surface area (Å²) in [5.74, 6) is 0. The highest BCUT2D eigenvalue weighted by atomic mass is 19.4. The molecule has 0 fully saturated rings. The molecular formula is C14H13F3N4. The van der Waals surface area contributed by atoms with Gasteiger partial charge in [0.25, 0.3) is 0 Å². The largest absolute Gasteiger partial charge is 0.435 e. The molecule has 7 heteroatoms. The van der Waals surface area contributed by atoms with E-state index in [1.807, 2.05) is 13.0 Å². The van der Waals surface area contributed by atoms with Crippen LogP contribution in [0.25, 0.3) is 5.69 Å². The molecule has 0 saturated carbocycles. The molecule has 0 aliphatic carbocycles. The first-order valence-corrected chi connectivity index (χ1v) is 6.32. The van der Waals surface area contributed by atoms with E-state index in [2.05, 4.69) is 10.4 Å². The monoisotopic (exact) mass is 294 g/mol. The van der Waals surface area contributed by atoms with Gasteiger partial charge in [0.15, 0.2) is 5.69 Å². The van der Waals surface area contributed by atoms with Crippen LogP contribution in [0.1, 0.15) is 23.7 Å². The second-order valence-corrected chi connectivity index (χ2v) is 4.39. The summed E-state index contributed by atoms with van der Waals surface area (Å²) in [6.45, 7) is 3.35. The fourth-order valence-corrected chi connectivity index (χ4v) is 1.86. The summed E-state index contributed by atoms with van der Waals surface area (Å²) in [4.78, 5) is 0. The maximum atomic E-state index is 12.6. The van der Waals surface area contributed by atoms with Crippen LogP contribution in [0.3, 0.4) is 0 Å². The predicted octanol–water partition coefficient (Wildman–Crippen LogP) is 2.87. The molecule has 0 radical (unpaired) electrons. The summed E-state index contributed by atoms with van der Waals surface area (Å²) in [5.41, 5.74) is 0.513. The molecule has 0 aliphatic rings.